The second kappa shape index (κ2) is 3.83. The molecule has 3 aromatic heterocycles. The van der Waals surface area contributed by atoms with Gasteiger partial charge in [0.2, 0.25) is 0 Å². The third-order valence-electron chi connectivity index (χ3n) is 2.88. The van der Waals surface area contributed by atoms with Gasteiger partial charge in [-0.3, -0.25) is 0 Å². The van der Waals surface area contributed by atoms with Crippen LogP contribution >= 0.6 is 22.7 Å². The Labute approximate surface area is 111 Å². The van der Waals surface area contributed by atoms with Crippen molar-refractivity contribution in [3.05, 3.63) is 41.5 Å². The Hall–Kier alpha value is -1.85. The van der Waals surface area contributed by atoms with E-state index in [1.807, 2.05) is 29.4 Å². The lowest BCUT2D eigenvalue weighted by atomic mass is 10.1. The molecule has 0 saturated carbocycles. The van der Waals surface area contributed by atoms with Crippen LogP contribution in [0.3, 0.4) is 0 Å². The Morgan fingerprint density at radius 1 is 0.778 bits per heavy atom. The molecule has 3 heterocycles. The summed E-state index contributed by atoms with van der Waals surface area (Å²) in [7, 11) is 0. The largest absolute Gasteiger partial charge is 0.245 e. The van der Waals surface area contributed by atoms with Crippen LogP contribution in [0.25, 0.3) is 31.7 Å². The number of nitrogens with zero attached hydrogens (tertiary/aromatic N) is 3. The highest BCUT2D eigenvalue weighted by atomic mass is 32.1. The predicted molar refractivity (Wildman–Crippen MR) is 76.0 cm³/mol. The Balaban J connectivity index is 2.13. The first-order valence-corrected chi connectivity index (χ1v) is 7.20. The summed E-state index contributed by atoms with van der Waals surface area (Å²) in [4.78, 5) is 12.9. The molecular weight excluding hydrogens is 262 g/mol. The van der Waals surface area contributed by atoms with Crippen LogP contribution < -0.4 is 0 Å². The van der Waals surface area contributed by atoms with Crippen molar-refractivity contribution in [3.8, 4) is 11.1 Å². The van der Waals surface area contributed by atoms with E-state index in [9.17, 15) is 0 Å². The maximum Gasteiger partial charge on any atom is 0.170 e. The zero-order valence-corrected chi connectivity index (χ0v) is 10.8. The van der Waals surface area contributed by atoms with Crippen LogP contribution in [-0.4, -0.2) is 15.0 Å². The van der Waals surface area contributed by atoms with Gasteiger partial charge in [0.05, 0.1) is 25.9 Å². The van der Waals surface area contributed by atoms with Gasteiger partial charge in [0, 0.05) is 17.3 Å². The van der Waals surface area contributed by atoms with E-state index in [0.717, 1.165) is 15.9 Å². The predicted octanol–water partition coefficient (Wildman–Crippen LogP) is 3.97. The smallest absolute Gasteiger partial charge is 0.170 e. The van der Waals surface area contributed by atoms with Gasteiger partial charge in [-0.2, -0.15) is 0 Å². The highest BCUT2D eigenvalue weighted by molar-refractivity contribution is 7.18. The molecule has 3 nitrogen and oxygen atoms in total. The highest BCUT2D eigenvalue weighted by Gasteiger charge is 2.10. The lowest BCUT2D eigenvalue weighted by molar-refractivity contribution is 1.33. The fraction of sp³-hybridized carbons (Fsp3) is 0. The van der Waals surface area contributed by atoms with E-state index in [-0.39, 0.29) is 0 Å². The van der Waals surface area contributed by atoms with Crippen LogP contribution in [0, 0.1) is 0 Å². The van der Waals surface area contributed by atoms with E-state index in [2.05, 4.69) is 27.1 Å². The summed E-state index contributed by atoms with van der Waals surface area (Å²) in [5, 5.41) is 0. The topological polar surface area (TPSA) is 38.7 Å². The summed E-state index contributed by atoms with van der Waals surface area (Å²) in [6.45, 7) is 0. The first-order chi connectivity index (χ1) is 8.93. The normalized spacial score (nSPS) is 11.3. The zero-order chi connectivity index (χ0) is 11.9. The maximum atomic E-state index is 4.36. The van der Waals surface area contributed by atoms with Crippen molar-refractivity contribution in [1.29, 1.82) is 0 Å². The second-order valence-corrected chi connectivity index (χ2v) is 5.58. The van der Waals surface area contributed by atoms with Crippen LogP contribution in [0.4, 0.5) is 0 Å². The van der Waals surface area contributed by atoms with Crippen molar-refractivity contribution >= 4 is 43.2 Å². The Morgan fingerprint density at radius 2 is 1.61 bits per heavy atom. The highest BCUT2D eigenvalue weighted by Crippen LogP contribution is 2.35. The molecule has 0 saturated heterocycles. The van der Waals surface area contributed by atoms with Gasteiger partial charge in [-0.1, -0.05) is 12.1 Å². The summed E-state index contributed by atoms with van der Waals surface area (Å²) in [6.07, 6.45) is 1.82. The number of thiazole rings is 2. The quantitative estimate of drug-likeness (QED) is 0.525. The van der Waals surface area contributed by atoms with Crippen LogP contribution in [-0.2, 0) is 0 Å². The Kier molecular flexibility index (Phi) is 2.15. The van der Waals surface area contributed by atoms with E-state index < -0.39 is 0 Å². The Morgan fingerprint density at radius 3 is 2.61 bits per heavy atom. The molecule has 18 heavy (non-hydrogen) atoms. The van der Waals surface area contributed by atoms with Gasteiger partial charge in [0.1, 0.15) is 0 Å². The molecule has 4 aromatic rings. The molecule has 0 amide bonds. The van der Waals surface area contributed by atoms with E-state index >= 15 is 0 Å². The van der Waals surface area contributed by atoms with Crippen LogP contribution in [0.5, 0.6) is 0 Å². The number of hydrogen-bond donors (Lipinski definition) is 0. The summed E-state index contributed by atoms with van der Waals surface area (Å²) in [6, 6.07) is 8.27. The molecular formula is C13H7N3S2. The molecule has 0 N–H and O–H groups in total. The van der Waals surface area contributed by atoms with E-state index in [1.165, 1.54) is 15.8 Å². The fourth-order valence-electron chi connectivity index (χ4n) is 2.08. The average Bonchev–Trinajstić information content (AvgIpc) is 3.06. The van der Waals surface area contributed by atoms with E-state index in [0.29, 0.717) is 0 Å². The monoisotopic (exact) mass is 269 g/mol. The van der Waals surface area contributed by atoms with Crippen LogP contribution in [0.1, 0.15) is 0 Å². The molecule has 0 aliphatic heterocycles. The lowest BCUT2D eigenvalue weighted by Gasteiger charge is -2.03. The molecule has 86 valence electrons. The summed E-state index contributed by atoms with van der Waals surface area (Å²) >= 11 is 3.30. The van der Waals surface area contributed by atoms with Gasteiger partial charge in [-0.25, -0.2) is 15.0 Å². The second-order valence-electron chi connectivity index (χ2n) is 3.87. The first-order valence-electron chi connectivity index (χ1n) is 5.44. The molecule has 0 aliphatic rings. The fourth-order valence-corrected chi connectivity index (χ4v) is 3.68. The van der Waals surface area contributed by atoms with Crippen molar-refractivity contribution < 1.29 is 0 Å². The SMILES string of the molecule is c1cc(-c2ccnc3ncsc23)c2scnc2c1. The van der Waals surface area contributed by atoms with Crippen molar-refractivity contribution in [2.75, 3.05) is 0 Å². The number of hydrogen-bond acceptors (Lipinski definition) is 5. The van der Waals surface area contributed by atoms with Gasteiger partial charge < -0.3 is 0 Å². The summed E-state index contributed by atoms with van der Waals surface area (Å²) < 4.78 is 2.36. The molecule has 4 rings (SSSR count). The minimum absolute atomic E-state index is 0.819. The van der Waals surface area contributed by atoms with Crippen molar-refractivity contribution in [3.63, 3.8) is 0 Å². The number of rotatable bonds is 1. The molecule has 1 aromatic carbocycles. The number of pyridine rings is 1. The number of aromatic nitrogens is 3. The van der Waals surface area contributed by atoms with Gasteiger partial charge in [-0.15, -0.1) is 22.7 Å². The molecule has 0 spiro atoms. The number of benzene rings is 1. The molecule has 0 bridgehead atoms. The third-order valence-corrected chi connectivity index (χ3v) is 4.60. The molecule has 5 heteroatoms. The first kappa shape index (κ1) is 10.1. The average molecular weight is 269 g/mol. The zero-order valence-electron chi connectivity index (χ0n) is 9.20. The van der Waals surface area contributed by atoms with E-state index in [4.69, 9.17) is 0 Å². The maximum absolute atomic E-state index is 4.36. The molecule has 0 atom stereocenters. The van der Waals surface area contributed by atoms with Gasteiger partial charge in [0.15, 0.2) is 5.65 Å². The standard InChI is InChI=1S/C13H7N3S2/c1-2-8(11-10(3-1)15-6-17-11)9-4-5-14-13-12(9)18-7-16-13/h1-7H. The Bertz CT molecular complexity index is 775. The van der Waals surface area contributed by atoms with Crippen molar-refractivity contribution in [1.82, 2.24) is 15.0 Å². The summed E-state index contributed by atoms with van der Waals surface area (Å²) in [5.74, 6) is 0. The molecule has 0 fully saturated rings. The van der Waals surface area contributed by atoms with E-state index in [1.54, 1.807) is 22.7 Å². The van der Waals surface area contributed by atoms with Crippen LogP contribution in [0.15, 0.2) is 41.5 Å². The minimum Gasteiger partial charge on any atom is -0.245 e. The molecule has 0 unspecified atom stereocenters. The third kappa shape index (κ3) is 1.38. The molecule has 0 aliphatic carbocycles. The minimum atomic E-state index is 0.819. The lowest BCUT2D eigenvalue weighted by Crippen LogP contribution is -1.82. The number of fused-ring (bicyclic) bond motifs is 2. The van der Waals surface area contributed by atoms with Gasteiger partial charge in [0.25, 0.3) is 0 Å². The van der Waals surface area contributed by atoms with Crippen molar-refractivity contribution in [2.45, 2.75) is 0 Å². The van der Waals surface area contributed by atoms with Gasteiger partial charge in [-0.05, 0) is 12.1 Å². The molecule has 0 radical (unpaired) electrons. The van der Waals surface area contributed by atoms with Crippen molar-refractivity contribution in [2.24, 2.45) is 0 Å². The van der Waals surface area contributed by atoms with Crippen LogP contribution in [0.2, 0.25) is 0 Å². The summed E-state index contributed by atoms with van der Waals surface area (Å²) in [5.41, 5.74) is 8.00. The van der Waals surface area contributed by atoms with Gasteiger partial charge >= 0.3 is 0 Å².